The SMILES string of the molecule is Cc1ccc(N=c2sc(C3=c4cc(C)cc(Br)c4=NC3=O)c(O)n2-c2ccc(C)cc2)cc1. The number of carbonyl (C=O) groups excluding carboxylic acids is 1. The van der Waals surface area contributed by atoms with Crippen LogP contribution < -0.4 is 15.4 Å². The lowest BCUT2D eigenvalue weighted by Gasteiger charge is -2.06. The Morgan fingerprint density at radius 1 is 0.939 bits per heavy atom. The van der Waals surface area contributed by atoms with Crippen molar-refractivity contribution >= 4 is 44.4 Å². The summed E-state index contributed by atoms with van der Waals surface area (Å²) in [6.07, 6.45) is 0. The predicted octanol–water partition coefficient (Wildman–Crippen LogP) is 4.52. The third-order valence-corrected chi connectivity index (χ3v) is 7.13. The number of benzene rings is 3. The summed E-state index contributed by atoms with van der Waals surface area (Å²) in [4.78, 5) is 23.0. The molecule has 33 heavy (non-hydrogen) atoms. The van der Waals surface area contributed by atoms with Crippen LogP contribution >= 0.6 is 27.3 Å². The molecule has 0 fully saturated rings. The van der Waals surface area contributed by atoms with Crippen LogP contribution in [0.1, 0.15) is 21.6 Å². The molecule has 7 heteroatoms. The van der Waals surface area contributed by atoms with Crippen LogP contribution in [0.15, 0.2) is 75.1 Å². The minimum absolute atomic E-state index is 0.0289. The van der Waals surface area contributed by atoms with E-state index in [1.54, 1.807) is 4.57 Å². The molecule has 2 heterocycles. The zero-order valence-electron chi connectivity index (χ0n) is 18.3. The molecule has 3 aromatic carbocycles. The lowest BCUT2D eigenvalue weighted by atomic mass is 10.1. The molecule has 5 nitrogen and oxygen atoms in total. The molecule has 0 aliphatic carbocycles. The maximum atomic E-state index is 13.0. The fourth-order valence-corrected chi connectivity index (χ4v) is 5.56. The van der Waals surface area contributed by atoms with Crippen LogP contribution in [0.3, 0.4) is 0 Å². The van der Waals surface area contributed by atoms with Crippen molar-refractivity contribution in [2.75, 3.05) is 0 Å². The second-order valence-electron chi connectivity index (χ2n) is 8.09. The summed E-state index contributed by atoms with van der Waals surface area (Å²) < 4.78 is 2.44. The van der Waals surface area contributed by atoms with Gasteiger partial charge < -0.3 is 5.11 Å². The molecule has 0 unspecified atom stereocenters. The van der Waals surface area contributed by atoms with E-state index in [1.165, 1.54) is 11.3 Å². The minimum Gasteiger partial charge on any atom is -0.493 e. The minimum atomic E-state index is -0.370. The van der Waals surface area contributed by atoms with Crippen molar-refractivity contribution in [3.63, 3.8) is 0 Å². The van der Waals surface area contributed by atoms with E-state index in [0.717, 1.165) is 32.5 Å². The first-order valence-electron chi connectivity index (χ1n) is 10.4. The van der Waals surface area contributed by atoms with Crippen LogP contribution in [0.4, 0.5) is 5.69 Å². The van der Waals surface area contributed by atoms with Gasteiger partial charge in [-0.15, -0.1) is 0 Å². The predicted molar refractivity (Wildman–Crippen MR) is 134 cm³/mol. The van der Waals surface area contributed by atoms with E-state index < -0.39 is 0 Å². The molecule has 0 atom stereocenters. The Kier molecular flexibility index (Phi) is 5.38. The number of aryl methyl sites for hydroxylation is 3. The molecular formula is C26H20BrN3O2S. The van der Waals surface area contributed by atoms with Gasteiger partial charge in [0.25, 0.3) is 5.91 Å². The molecule has 0 saturated heterocycles. The number of halogens is 1. The Labute approximate surface area is 202 Å². The van der Waals surface area contributed by atoms with Gasteiger partial charge in [-0.2, -0.15) is 0 Å². The molecule has 4 aromatic rings. The first kappa shape index (κ1) is 21.6. The molecule has 1 amide bonds. The van der Waals surface area contributed by atoms with E-state index in [1.807, 2.05) is 81.4 Å². The first-order chi connectivity index (χ1) is 15.8. The van der Waals surface area contributed by atoms with Crippen molar-refractivity contribution < 1.29 is 9.90 Å². The average molecular weight is 518 g/mol. The smallest absolute Gasteiger partial charge is 0.279 e. The number of rotatable bonds is 3. The molecule has 1 aliphatic rings. The van der Waals surface area contributed by atoms with Crippen molar-refractivity contribution in [1.29, 1.82) is 0 Å². The number of fused-ring (bicyclic) bond motifs is 1. The Balaban J connectivity index is 1.84. The summed E-state index contributed by atoms with van der Waals surface area (Å²) in [6, 6.07) is 19.5. The van der Waals surface area contributed by atoms with Crippen molar-refractivity contribution in [3.8, 4) is 11.6 Å². The average Bonchev–Trinajstić information content (AvgIpc) is 3.26. The van der Waals surface area contributed by atoms with Gasteiger partial charge in [-0.3, -0.25) is 9.36 Å². The van der Waals surface area contributed by atoms with Gasteiger partial charge >= 0.3 is 0 Å². The van der Waals surface area contributed by atoms with Gasteiger partial charge in [0.05, 0.1) is 22.3 Å². The number of carbonyl (C=O) groups is 1. The zero-order valence-corrected chi connectivity index (χ0v) is 20.7. The van der Waals surface area contributed by atoms with Crippen LogP contribution in [-0.2, 0) is 4.79 Å². The molecule has 0 spiro atoms. The van der Waals surface area contributed by atoms with Gasteiger partial charge in [-0.05, 0) is 78.7 Å². The molecule has 0 bridgehead atoms. The fourth-order valence-electron chi connectivity index (χ4n) is 3.80. The highest BCUT2D eigenvalue weighted by molar-refractivity contribution is 9.10. The van der Waals surface area contributed by atoms with E-state index in [2.05, 4.69) is 20.9 Å². The Morgan fingerprint density at radius 2 is 1.58 bits per heavy atom. The van der Waals surface area contributed by atoms with E-state index in [0.29, 0.717) is 25.8 Å². The maximum absolute atomic E-state index is 13.0. The van der Waals surface area contributed by atoms with Gasteiger partial charge in [0.2, 0.25) is 5.88 Å². The Morgan fingerprint density at radius 3 is 2.24 bits per heavy atom. The van der Waals surface area contributed by atoms with Crippen molar-refractivity contribution in [1.82, 2.24) is 4.57 Å². The molecule has 5 rings (SSSR count). The number of hydrogen-bond donors (Lipinski definition) is 1. The van der Waals surface area contributed by atoms with E-state index in [9.17, 15) is 9.90 Å². The summed E-state index contributed by atoms with van der Waals surface area (Å²) in [5.41, 5.74) is 5.17. The first-order valence-corrected chi connectivity index (χ1v) is 12.0. The summed E-state index contributed by atoms with van der Waals surface area (Å²) >= 11 is 4.79. The van der Waals surface area contributed by atoms with Gasteiger partial charge in [-0.1, -0.05) is 46.7 Å². The quantitative estimate of drug-likeness (QED) is 0.434. The number of nitrogens with zero attached hydrogens (tertiary/aromatic N) is 3. The Hall–Kier alpha value is -3.29. The molecular weight excluding hydrogens is 498 g/mol. The number of aromatic nitrogens is 1. The van der Waals surface area contributed by atoms with Crippen molar-refractivity contribution in [2.45, 2.75) is 20.8 Å². The van der Waals surface area contributed by atoms with E-state index in [4.69, 9.17) is 4.99 Å². The zero-order chi connectivity index (χ0) is 23.3. The summed E-state index contributed by atoms with van der Waals surface area (Å²) in [6.45, 7) is 6.00. The van der Waals surface area contributed by atoms with Gasteiger partial charge in [0.1, 0.15) is 4.88 Å². The number of hydrogen-bond acceptors (Lipinski definition) is 4. The second kappa shape index (κ2) is 8.24. The molecule has 0 radical (unpaired) electrons. The Bertz CT molecular complexity index is 1610. The standard InChI is InChI=1S/C26H20BrN3O2S/c1-14-4-8-17(9-5-14)28-26-30(18-10-6-15(2)7-11-18)25(32)23(33-26)21-19-12-16(3)13-20(27)22(19)29-24(21)31/h4-13,32H,1-3H3. The highest BCUT2D eigenvalue weighted by atomic mass is 79.9. The van der Waals surface area contributed by atoms with E-state index in [-0.39, 0.29) is 11.8 Å². The second-order valence-corrected chi connectivity index (χ2v) is 9.92. The van der Waals surface area contributed by atoms with Crippen LogP contribution in [0.5, 0.6) is 5.88 Å². The third-order valence-electron chi connectivity index (χ3n) is 5.48. The normalized spacial score (nSPS) is 13.4. The topological polar surface area (TPSA) is 66.9 Å². The van der Waals surface area contributed by atoms with Crippen molar-refractivity contribution in [2.24, 2.45) is 9.98 Å². The lowest BCUT2D eigenvalue weighted by Crippen LogP contribution is -2.25. The summed E-state index contributed by atoms with van der Waals surface area (Å²) in [7, 11) is 0. The molecule has 1 aliphatic heterocycles. The molecule has 1 N–H and O–H groups in total. The molecule has 164 valence electrons. The highest BCUT2D eigenvalue weighted by Gasteiger charge is 2.27. The number of thiazole rings is 1. The summed E-state index contributed by atoms with van der Waals surface area (Å²) in [5.74, 6) is -0.399. The van der Waals surface area contributed by atoms with Crippen LogP contribution in [0, 0.1) is 20.8 Å². The number of amides is 1. The van der Waals surface area contributed by atoms with Crippen LogP contribution in [0.2, 0.25) is 0 Å². The largest absolute Gasteiger partial charge is 0.493 e. The number of aromatic hydroxyl groups is 1. The maximum Gasteiger partial charge on any atom is 0.279 e. The van der Waals surface area contributed by atoms with Gasteiger partial charge in [0, 0.05) is 9.69 Å². The van der Waals surface area contributed by atoms with Crippen molar-refractivity contribution in [3.05, 3.63) is 102 Å². The summed E-state index contributed by atoms with van der Waals surface area (Å²) in [5, 5.41) is 12.7. The molecule has 1 aromatic heterocycles. The third kappa shape index (κ3) is 3.87. The van der Waals surface area contributed by atoms with Gasteiger partial charge in [-0.25, -0.2) is 9.98 Å². The lowest BCUT2D eigenvalue weighted by molar-refractivity contribution is -0.112. The monoisotopic (exact) mass is 517 g/mol. The van der Waals surface area contributed by atoms with Crippen LogP contribution in [0.25, 0.3) is 11.3 Å². The fraction of sp³-hybridized carbons (Fsp3) is 0.115. The van der Waals surface area contributed by atoms with Crippen LogP contribution in [-0.4, -0.2) is 15.6 Å². The molecule has 0 saturated carbocycles. The highest BCUT2D eigenvalue weighted by Crippen LogP contribution is 2.31. The van der Waals surface area contributed by atoms with E-state index >= 15 is 0 Å². The van der Waals surface area contributed by atoms with Gasteiger partial charge in [0.15, 0.2) is 4.80 Å².